The van der Waals surface area contributed by atoms with E-state index in [0.717, 1.165) is 28.1 Å². The first-order chi connectivity index (χ1) is 15.3. The van der Waals surface area contributed by atoms with Gasteiger partial charge in [-0.05, 0) is 55.7 Å². The molecule has 0 atom stereocenters. The van der Waals surface area contributed by atoms with Gasteiger partial charge < -0.3 is 14.8 Å². The summed E-state index contributed by atoms with van der Waals surface area (Å²) in [5, 5.41) is 12.4. The molecule has 0 saturated carbocycles. The van der Waals surface area contributed by atoms with Gasteiger partial charge in [-0.15, -0.1) is 0 Å². The number of carbonyl (C=O) groups excluding carboxylic acids is 2. The van der Waals surface area contributed by atoms with Crippen LogP contribution in [-0.2, 0) is 20.7 Å². The van der Waals surface area contributed by atoms with E-state index >= 15 is 0 Å². The number of amides is 1. The fourth-order valence-corrected chi connectivity index (χ4v) is 3.47. The number of para-hydroxylation sites is 1. The minimum Gasteiger partial charge on any atom is -0.496 e. The van der Waals surface area contributed by atoms with Gasteiger partial charge >= 0.3 is 5.97 Å². The van der Waals surface area contributed by atoms with E-state index in [0.29, 0.717) is 17.1 Å². The zero-order chi connectivity index (χ0) is 23.3. The van der Waals surface area contributed by atoms with Crippen LogP contribution in [0.25, 0.3) is 5.69 Å². The molecule has 164 valence electrons. The number of hydrogen-bond acceptors (Lipinski definition) is 5. The van der Waals surface area contributed by atoms with Crippen molar-refractivity contribution in [3.63, 3.8) is 0 Å². The zero-order valence-corrected chi connectivity index (χ0v) is 18.6. The fourth-order valence-electron chi connectivity index (χ4n) is 3.47. The summed E-state index contributed by atoms with van der Waals surface area (Å²) in [6, 6.07) is 17.0. The van der Waals surface area contributed by atoms with Gasteiger partial charge in [-0.3, -0.25) is 14.2 Å². The van der Waals surface area contributed by atoms with E-state index in [1.54, 1.807) is 13.2 Å². The molecule has 0 fully saturated rings. The molecule has 7 heteroatoms. The molecule has 0 aliphatic rings. The monoisotopic (exact) mass is 431 g/mol. The Morgan fingerprint density at radius 3 is 2.47 bits per heavy atom. The predicted octanol–water partition coefficient (Wildman–Crippen LogP) is 4.01. The molecule has 1 heterocycles. The molecule has 7 nitrogen and oxygen atoms in total. The number of nitriles is 1. The molecule has 0 aliphatic carbocycles. The molecular formula is C25H25N3O4. The van der Waals surface area contributed by atoms with Crippen molar-refractivity contribution < 1.29 is 19.1 Å². The topological polar surface area (TPSA) is 93.3 Å². The molecule has 1 N–H and O–H groups in total. The number of benzene rings is 2. The number of hydrogen-bond donors (Lipinski definition) is 1. The van der Waals surface area contributed by atoms with Gasteiger partial charge in [-0.25, -0.2) is 0 Å². The van der Waals surface area contributed by atoms with Crippen molar-refractivity contribution in [2.24, 2.45) is 0 Å². The van der Waals surface area contributed by atoms with Gasteiger partial charge in [-0.2, -0.15) is 5.26 Å². The summed E-state index contributed by atoms with van der Waals surface area (Å²) in [4.78, 5) is 24.8. The minimum atomic E-state index is -0.530. The molecule has 3 rings (SSSR count). The van der Waals surface area contributed by atoms with Crippen molar-refractivity contribution in [3.8, 4) is 17.5 Å². The Morgan fingerprint density at radius 2 is 1.81 bits per heavy atom. The lowest BCUT2D eigenvalue weighted by atomic mass is 10.1. The van der Waals surface area contributed by atoms with Gasteiger partial charge in [0.1, 0.15) is 17.6 Å². The van der Waals surface area contributed by atoms with E-state index in [1.807, 2.05) is 67.8 Å². The lowest BCUT2D eigenvalue weighted by Crippen LogP contribution is -2.23. The largest absolute Gasteiger partial charge is 0.496 e. The normalized spacial score (nSPS) is 10.3. The molecule has 1 aromatic heterocycles. The van der Waals surface area contributed by atoms with Crippen molar-refractivity contribution in [2.45, 2.75) is 27.2 Å². The summed E-state index contributed by atoms with van der Waals surface area (Å²) in [6.07, 6.45) is 0.0198. The highest BCUT2D eigenvalue weighted by Gasteiger charge is 2.21. The molecule has 0 spiro atoms. The van der Waals surface area contributed by atoms with E-state index < -0.39 is 18.5 Å². The van der Waals surface area contributed by atoms with Crippen LogP contribution in [0.5, 0.6) is 5.75 Å². The van der Waals surface area contributed by atoms with Crippen molar-refractivity contribution in [1.29, 1.82) is 5.26 Å². The second-order valence-corrected chi connectivity index (χ2v) is 7.41. The number of carbonyl (C=O) groups is 2. The van der Waals surface area contributed by atoms with Gasteiger partial charge in [0.05, 0.1) is 19.1 Å². The molecular weight excluding hydrogens is 406 g/mol. The summed E-state index contributed by atoms with van der Waals surface area (Å²) in [7, 11) is 1.57. The SMILES string of the molecule is COc1cc(CC(=O)OCC(=O)Nc2c(C#N)c(C)c(C)n2-c2ccccc2)ccc1C. The second-order valence-electron chi connectivity index (χ2n) is 7.41. The molecule has 0 radical (unpaired) electrons. The highest BCUT2D eigenvalue weighted by Crippen LogP contribution is 2.29. The zero-order valence-electron chi connectivity index (χ0n) is 18.6. The van der Waals surface area contributed by atoms with Crippen LogP contribution < -0.4 is 10.1 Å². The minimum absolute atomic E-state index is 0.0198. The Balaban J connectivity index is 1.71. The number of aryl methyl sites for hydroxylation is 1. The van der Waals surface area contributed by atoms with Crippen molar-refractivity contribution in [3.05, 3.63) is 76.5 Å². The molecule has 0 saturated heterocycles. The smallest absolute Gasteiger partial charge is 0.310 e. The first-order valence-electron chi connectivity index (χ1n) is 10.1. The number of aromatic nitrogens is 1. The number of nitrogens with zero attached hydrogens (tertiary/aromatic N) is 2. The number of rotatable bonds is 7. The maximum absolute atomic E-state index is 12.6. The maximum atomic E-state index is 12.6. The number of anilines is 1. The van der Waals surface area contributed by atoms with Gasteiger partial charge in [0.2, 0.25) is 0 Å². The third kappa shape index (κ3) is 4.81. The standard InChI is InChI=1S/C25H25N3O4/c1-16-10-11-19(12-22(16)31-4)13-24(30)32-15-23(29)27-25-21(14-26)17(2)18(3)28(25)20-8-6-5-7-9-20/h5-12H,13,15H2,1-4H3,(H,27,29). The first kappa shape index (κ1) is 22.6. The number of methoxy groups -OCH3 is 1. The molecule has 0 unspecified atom stereocenters. The van der Waals surface area contributed by atoms with E-state index in [1.165, 1.54) is 0 Å². The molecule has 0 bridgehead atoms. The van der Waals surface area contributed by atoms with Crippen molar-refractivity contribution in [1.82, 2.24) is 4.57 Å². The van der Waals surface area contributed by atoms with Crippen LogP contribution in [0.1, 0.15) is 27.9 Å². The van der Waals surface area contributed by atoms with Crippen LogP contribution in [-0.4, -0.2) is 30.2 Å². The average Bonchev–Trinajstić information content (AvgIpc) is 3.03. The van der Waals surface area contributed by atoms with Gasteiger partial charge in [0, 0.05) is 11.4 Å². The summed E-state index contributed by atoms with van der Waals surface area (Å²) in [5.74, 6) is -0.00843. The van der Waals surface area contributed by atoms with E-state index in [2.05, 4.69) is 11.4 Å². The van der Waals surface area contributed by atoms with Crippen LogP contribution in [0, 0.1) is 32.1 Å². The molecule has 0 aliphatic heterocycles. The average molecular weight is 431 g/mol. The third-order valence-electron chi connectivity index (χ3n) is 5.28. The number of esters is 1. The summed E-state index contributed by atoms with van der Waals surface area (Å²) in [5.41, 5.74) is 4.50. The van der Waals surface area contributed by atoms with Gasteiger partial charge in [-0.1, -0.05) is 30.3 Å². The number of ether oxygens (including phenoxy) is 2. The Morgan fingerprint density at radius 1 is 1.09 bits per heavy atom. The van der Waals surface area contributed by atoms with Crippen molar-refractivity contribution >= 4 is 17.7 Å². The van der Waals surface area contributed by atoms with Gasteiger partial charge in [0.15, 0.2) is 6.61 Å². The lowest BCUT2D eigenvalue weighted by Gasteiger charge is -2.13. The first-order valence-corrected chi connectivity index (χ1v) is 10.1. The second kappa shape index (κ2) is 9.84. The Bertz CT molecular complexity index is 1190. The van der Waals surface area contributed by atoms with E-state index in [9.17, 15) is 14.9 Å². The van der Waals surface area contributed by atoms with Crippen LogP contribution in [0.2, 0.25) is 0 Å². The van der Waals surface area contributed by atoms with E-state index in [4.69, 9.17) is 9.47 Å². The van der Waals surface area contributed by atoms with Crippen LogP contribution in [0.4, 0.5) is 5.82 Å². The van der Waals surface area contributed by atoms with Crippen LogP contribution in [0.15, 0.2) is 48.5 Å². The molecule has 3 aromatic rings. The fraction of sp³-hybridized carbons (Fsp3) is 0.240. The molecule has 1 amide bonds. The highest BCUT2D eigenvalue weighted by atomic mass is 16.5. The van der Waals surface area contributed by atoms with Gasteiger partial charge in [0.25, 0.3) is 5.91 Å². The Kier molecular flexibility index (Phi) is 6.96. The maximum Gasteiger partial charge on any atom is 0.310 e. The third-order valence-corrected chi connectivity index (χ3v) is 5.28. The van der Waals surface area contributed by atoms with Crippen LogP contribution in [0.3, 0.4) is 0 Å². The van der Waals surface area contributed by atoms with Crippen molar-refractivity contribution in [2.75, 3.05) is 19.0 Å². The number of nitrogens with one attached hydrogen (secondary N) is 1. The quantitative estimate of drug-likeness (QED) is 0.571. The molecule has 2 aromatic carbocycles. The predicted molar refractivity (Wildman–Crippen MR) is 121 cm³/mol. The summed E-state index contributed by atoms with van der Waals surface area (Å²) in [6.45, 7) is 5.17. The molecule has 32 heavy (non-hydrogen) atoms. The van der Waals surface area contributed by atoms with E-state index in [-0.39, 0.29) is 6.42 Å². The summed E-state index contributed by atoms with van der Waals surface area (Å²) >= 11 is 0. The Labute approximate surface area is 187 Å². The van der Waals surface area contributed by atoms with Crippen LogP contribution >= 0.6 is 0 Å². The highest BCUT2D eigenvalue weighted by molar-refractivity contribution is 5.94. The lowest BCUT2D eigenvalue weighted by molar-refractivity contribution is -0.146. The summed E-state index contributed by atoms with van der Waals surface area (Å²) < 4.78 is 12.2. The Hall–Kier alpha value is -4.05.